The van der Waals surface area contributed by atoms with Gasteiger partial charge in [0.25, 0.3) is 0 Å². The summed E-state index contributed by atoms with van der Waals surface area (Å²) in [6.45, 7) is 9.39. The average Bonchev–Trinajstić information content (AvgIpc) is 2.32. The number of carboxylic acid groups (broad SMARTS) is 1. The largest absolute Gasteiger partial charge is 0.477 e. The highest BCUT2D eigenvalue weighted by Gasteiger charge is 2.19. The van der Waals surface area contributed by atoms with Crippen LogP contribution in [0.4, 0.5) is 0 Å². The maximum Gasteiger partial charge on any atom is 0.341 e. The van der Waals surface area contributed by atoms with E-state index in [1.807, 2.05) is 27.7 Å². The van der Waals surface area contributed by atoms with Gasteiger partial charge in [0.15, 0.2) is 0 Å². The molecule has 0 fully saturated rings. The molecule has 0 aliphatic heterocycles. The molecule has 0 aliphatic rings. The van der Waals surface area contributed by atoms with Gasteiger partial charge in [0.05, 0.1) is 5.52 Å². The van der Waals surface area contributed by atoms with Crippen LogP contribution in [-0.2, 0) is 0 Å². The van der Waals surface area contributed by atoms with Gasteiger partial charge in [0, 0.05) is 11.1 Å². The van der Waals surface area contributed by atoms with Gasteiger partial charge in [-0.2, -0.15) is 0 Å². The Bertz CT molecular complexity index is 770. The zero-order chi connectivity index (χ0) is 14.5. The quantitative estimate of drug-likeness (QED) is 0.827. The molecule has 0 amide bonds. The van der Waals surface area contributed by atoms with Gasteiger partial charge >= 0.3 is 5.97 Å². The summed E-state index contributed by atoms with van der Waals surface area (Å²) in [5.41, 5.74) is 4.58. The van der Waals surface area contributed by atoms with E-state index in [0.717, 1.165) is 27.8 Å². The molecular formula is C15H17NO3. The topological polar surface area (TPSA) is 70.2 Å². The average molecular weight is 259 g/mol. The Balaban J connectivity index is 3.16. The zero-order valence-corrected chi connectivity index (χ0v) is 11.8. The molecule has 1 heterocycles. The predicted molar refractivity (Wildman–Crippen MR) is 75.2 cm³/mol. The first-order valence-electron chi connectivity index (χ1n) is 6.13. The molecule has 0 saturated heterocycles. The number of aryl methyl sites for hydroxylation is 3. The number of hydrogen-bond donors (Lipinski definition) is 2. The molecule has 0 atom stereocenters. The lowest BCUT2D eigenvalue weighted by atomic mass is 9.93. The van der Waals surface area contributed by atoms with E-state index in [0.29, 0.717) is 11.1 Å². The van der Waals surface area contributed by atoms with Crippen LogP contribution in [0.1, 0.15) is 38.3 Å². The van der Waals surface area contributed by atoms with Gasteiger partial charge in [0.2, 0.25) is 5.43 Å². The molecule has 2 aromatic rings. The molecule has 0 aliphatic carbocycles. The lowest BCUT2D eigenvalue weighted by molar-refractivity contribution is 0.0694. The molecule has 19 heavy (non-hydrogen) atoms. The number of H-pyrrole nitrogens is 1. The van der Waals surface area contributed by atoms with Gasteiger partial charge in [-0.3, -0.25) is 4.79 Å². The Kier molecular flexibility index (Phi) is 2.97. The minimum absolute atomic E-state index is 0.168. The van der Waals surface area contributed by atoms with Crippen molar-refractivity contribution in [2.75, 3.05) is 0 Å². The van der Waals surface area contributed by atoms with Crippen LogP contribution in [0, 0.1) is 34.6 Å². The summed E-state index contributed by atoms with van der Waals surface area (Å²) >= 11 is 0. The van der Waals surface area contributed by atoms with Crippen LogP contribution >= 0.6 is 0 Å². The van der Waals surface area contributed by atoms with Crippen molar-refractivity contribution in [1.82, 2.24) is 4.98 Å². The van der Waals surface area contributed by atoms with Crippen LogP contribution in [-0.4, -0.2) is 16.1 Å². The van der Waals surface area contributed by atoms with Gasteiger partial charge < -0.3 is 10.1 Å². The summed E-state index contributed by atoms with van der Waals surface area (Å²) < 4.78 is 0. The summed E-state index contributed by atoms with van der Waals surface area (Å²) in [6.07, 6.45) is 0. The Hall–Kier alpha value is -2.10. The summed E-state index contributed by atoms with van der Waals surface area (Å²) in [7, 11) is 0. The number of nitrogens with one attached hydrogen (secondary N) is 1. The van der Waals surface area contributed by atoms with E-state index in [1.54, 1.807) is 6.92 Å². The van der Waals surface area contributed by atoms with Crippen molar-refractivity contribution in [2.24, 2.45) is 0 Å². The maximum atomic E-state index is 12.4. The third kappa shape index (κ3) is 1.75. The van der Waals surface area contributed by atoms with Crippen molar-refractivity contribution in [3.05, 3.63) is 43.7 Å². The molecule has 4 nitrogen and oxygen atoms in total. The van der Waals surface area contributed by atoms with E-state index in [1.165, 1.54) is 0 Å². The highest BCUT2D eigenvalue weighted by atomic mass is 16.4. The standard InChI is InChI=1S/C15H17NO3/c1-6-7(2)9(4)13-11(8(6)3)14(17)12(15(18)19)10(5)16-13/h1-5H3,(H,16,17)(H,18,19). The van der Waals surface area contributed by atoms with Crippen LogP contribution in [0.15, 0.2) is 4.79 Å². The van der Waals surface area contributed by atoms with Crippen LogP contribution in [0.3, 0.4) is 0 Å². The van der Waals surface area contributed by atoms with E-state index in [-0.39, 0.29) is 5.56 Å². The summed E-state index contributed by atoms with van der Waals surface area (Å²) in [5.74, 6) is -1.18. The van der Waals surface area contributed by atoms with Crippen LogP contribution in [0.25, 0.3) is 10.9 Å². The normalized spacial score (nSPS) is 11.0. The smallest absolute Gasteiger partial charge is 0.341 e. The molecule has 0 bridgehead atoms. The van der Waals surface area contributed by atoms with E-state index in [4.69, 9.17) is 0 Å². The van der Waals surface area contributed by atoms with Crippen molar-refractivity contribution in [3.8, 4) is 0 Å². The SMILES string of the molecule is Cc1[nH]c2c(C)c(C)c(C)c(C)c2c(=O)c1C(=O)O. The van der Waals surface area contributed by atoms with Gasteiger partial charge in [-0.1, -0.05) is 0 Å². The molecule has 1 aromatic heterocycles. The van der Waals surface area contributed by atoms with Crippen molar-refractivity contribution < 1.29 is 9.90 Å². The first-order chi connectivity index (χ1) is 8.77. The molecule has 1 aromatic carbocycles. The molecule has 0 saturated carbocycles. The molecule has 0 spiro atoms. The van der Waals surface area contributed by atoms with Crippen LogP contribution < -0.4 is 5.43 Å². The number of benzene rings is 1. The highest BCUT2D eigenvalue weighted by Crippen LogP contribution is 2.26. The molecule has 2 rings (SSSR count). The number of aromatic carboxylic acids is 1. The minimum atomic E-state index is -1.18. The number of rotatable bonds is 1. The molecule has 0 unspecified atom stereocenters. The Labute approximate surface area is 111 Å². The molecule has 4 heteroatoms. The van der Waals surface area contributed by atoms with Gasteiger partial charge in [-0.25, -0.2) is 4.79 Å². The summed E-state index contributed by atoms with van der Waals surface area (Å²) in [6, 6.07) is 0. The van der Waals surface area contributed by atoms with Crippen molar-refractivity contribution >= 4 is 16.9 Å². The van der Waals surface area contributed by atoms with E-state index in [9.17, 15) is 14.7 Å². The third-order valence-corrected chi connectivity index (χ3v) is 4.04. The van der Waals surface area contributed by atoms with E-state index < -0.39 is 11.4 Å². The fraction of sp³-hybridized carbons (Fsp3) is 0.333. The van der Waals surface area contributed by atoms with Gasteiger partial charge in [0.1, 0.15) is 5.56 Å². The minimum Gasteiger partial charge on any atom is -0.477 e. The first kappa shape index (κ1) is 13.3. The zero-order valence-electron chi connectivity index (χ0n) is 11.8. The second-order valence-electron chi connectivity index (χ2n) is 5.01. The fourth-order valence-corrected chi connectivity index (χ4v) is 2.56. The van der Waals surface area contributed by atoms with E-state index in [2.05, 4.69) is 4.98 Å². The van der Waals surface area contributed by atoms with Gasteiger partial charge in [-0.05, 0) is 56.9 Å². The predicted octanol–water partition coefficient (Wildman–Crippen LogP) is 2.77. The van der Waals surface area contributed by atoms with Gasteiger partial charge in [-0.15, -0.1) is 0 Å². The third-order valence-electron chi connectivity index (χ3n) is 4.04. The lowest BCUT2D eigenvalue weighted by Crippen LogP contribution is -2.20. The Morgan fingerprint density at radius 3 is 2.00 bits per heavy atom. The number of pyridine rings is 1. The molecule has 0 radical (unpaired) electrons. The molecule has 2 N–H and O–H groups in total. The van der Waals surface area contributed by atoms with Crippen molar-refractivity contribution in [1.29, 1.82) is 0 Å². The number of carboxylic acids is 1. The first-order valence-corrected chi connectivity index (χ1v) is 6.13. The van der Waals surface area contributed by atoms with Crippen molar-refractivity contribution in [2.45, 2.75) is 34.6 Å². The van der Waals surface area contributed by atoms with Crippen molar-refractivity contribution in [3.63, 3.8) is 0 Å². The fourth-order valence-electron chi connectivity index (χ4n) is 2.56. The number of aromatic amines is 1. The monoisotopic (exact) mass is 259 g/mol. The number of carbonyl (C=O) groups is 1. The Morgan fingerprint density at radius 1 is 0.947 bits per heavy atom. The second kappa shape index (κ2) is 4.23. The summed E-state index contributed by atoms with van der Waals surface area (Å²) in [4.78, 5) is 26.7. The molecule has 100 valence electrons. The van der Waals surface area contributed by atoms with Crippen LogP contribution in [0.5, 0.6) is 0 Å². The highest BCUT2D eigenvalue weighted by molar-refractivity contribution is 5.96. The van der Waals surface area contributed by atoms with E-state index >= 15 is 0 Å². The number of fused-ring (bicyclic) bond motifs is 1. The Morgan fingerprint density at radius 2 is 1.47 bits per heavy atom. The number of aromatic nitrogens is 1. The molecular weight excluding hydrogens is 242 g/mol. The maximum absolute atomic E-state index is 12.4. The summed E-state index contributed by atoms with van der Waals surface area (Å²) in [5, 5.41) is 9.66. The second-order valence-corrected chi connectivity index (χ2v) is 5.01. The number of hydrogen-bond acceptors (Lipinski definition) is 2. The lowest BCUT2D eigenvalue weighted by Gasteiger charge is -2.15. The van der Waals surface area contributed by atoms with Crippen LogP contribution in [0.2, 0.25) is 0 Å².